The van der Waals surface area contributed by atoms with E-state index in [2.05, 4.69) is 21.4 Å². The van der Waals surface area contributed by atoms with E-state index in [9.17, 15) is 4.79 Å². The first-order chi connectivity index (χ1) is 9.17. The molecule has 98 valence electrons. The van der Waals surface area contributed by atoms with Gasteiger partial charge in [0.25, 0.3) is 5.91 Å². The number of aromatic nitrogens is 2. The van der Waals surface area contributed by atoms with Crippen molar-refractivity contribution in [1.82, 2.24) is 15.5 Å². The van der Waals surface area contributed by atoms with Gasteiger partial charge in [-0.05, 0) is 12.5 Å². The second-order valence-corrected chi connectivity index (χ2v) is 5.08. The van der Waals surface area contributed by atoms with Crippen molar-refractivity contribution in [3.8, 4) is 12.3 Å². The van der Waals surface area contributed by atoms with Gasteiger partial charge in [-0.1, -0.05) is 6.92 Å². The van der Waals surface area contributed by atoms with Crippen molar-refractivity contribution in [2.75, 3.05) is 5.73 Å². The summed E-state index contributed by atoms with van der Waals surface area (Å²) in [6, 6.07) is 1.72. The van der Waals surface area contributed by atoms with E-state index in [1.165, 1.54) is 11.3 Å². The maximum Gasteiger partial charge on any atom is 0.263 e. The Kier molecular flexibility index (Phi) is 3.97. The maximum atomic E-state index is 12.2. The number of nitrogens with zero attached hydrogens (tertiary/aromatic N) is 2. The molecule has 0 radical (unpaired) electrons. The molecule has 2 aromatic rings. The molecule has 0 aromatic carbocycles. The standard InChI is InChI=1S/C13H14N4OS/c1-3-5-8(4-2)16-12(18)11-10(14)9-6-7-15-17-13(9)19-11/h1,6-8H,4-5,14H2,2H3,(H,16,18). The van der Waals surface area contributed by atoms with Gasteiger partial charge in [-0.2, -0.15) is 5.10 Å². The number of hydrogen-bond donors (Lipinski definition) is 2. The number of carbonyl (C=O) groups excluding carboxylic acids is 1. The molecule has 6 heteroatoms. The van der Waals surface area contributed by atoms with E-state index >= 15 is 0 Å². The predicted octanol–water partition coefficient (Wildman–Crippen LogP) is 1.81. The van der Waals surface area contributed by atoms with Crippen molar-refractivity contribution in [3.63, 3.8) is 0 Å². The Hall–Kier alpha value is -2.13. The number of anilines is 1. The normalized spacial score (nSPS) is 12.0. The predicted molar refractivity (Wildman–Crippen MR) is 76.8 cm³/mol. The second kappa shape index (κ2) is 5.67. The summed E-state index contributed by atoms with van der Waals surface area (Å²) in [5.74, 6) is 2.35. The Morgan fingerprint density at radius 2 is 2.47 bits per heavy atom. The number of carbonyl (C=O) groups is 1. The van der Waals surface area contributed by atoms with Crippen molar-refractivity contribution >= 4 is 33.1 Å². The zero-order chi connectivity index (χ0) is 13.8. The van der Waals surface area contributed by atoms with Gasteiger partial charge in [0.15, 0.2) is 0 Å². The molecule has 1 atom stereocenters. The fourth-order valence-corrected chi connectivity index (χ4v) is 2.67. The lowest BCUT2D eigenvalue weighted by molar-refractivity contribution is 0.0941. The third-order valence-electron chi connectivity index (χ3n) is 2.82. The summed E-state index contributed by atoms with van der Waals surface area (Å²) in [4.78, 5) is 13.3. The summed E-state index contributed by atoms with van der Waals surface area (Å²) >= 11 is 1.24. The van der Waals surface area contributed by atoms with E-state index in [4.69, 9.17) is 12.2 Å². The van der Waals surface area contributed by atoms with Gasteiger partial charge < -0.3 is 11.1 Å². The molecule has 0 spiro atoms. The van der Waals surface area contributed by atoms with E-state index < -0.39 is 0 Å². The van der Waals surface area contributed by atoms with Crippen LogP contribution in [0.1, 0.15) is 29.4 Å². The molecule has 2 aromatic heterocycles. The van der Waals surface area contributed by atoms with E-state index in [1.54, 1.807) is 12.3 Å². The van der Waals surface area contributed by atoms with Crippen molar-refractivity contribution in [1.29, 1.82) is 0 Å². The number of nitrogens with two attached hydrogens (primary N) is 1. The summed E-state index contributed by atoms with van der Waals surface area (Å²) in [5.41, 5.74) is 6.42. The highest BCUT2D eigenvalue weighted by atomic mass is 32.1. The molecule has 2 heterocycles. The van der Waals surface area contributed by atoms with Gasteiger partial charge >= 0.3 is 0 Å². The Bertz CT molecular complexity index is 644. The van der Waals surface area contributed by atoms with Crippen molar-refractivity contribution < 1.29 is 4.79 Å². The Labute approximate surface area is 115 Å². The van der Waals surface area contributed by atoms with E-state index in [-0.39, 0.29) is 11.9 Å². The molecule has 5 nitrogen and oxygen atoms in total. The fourth-order valence-electron chi connectivity index (χ4n) is 1.73. The lowest BCUT2D eigenvalue weighted by Gasteiger charge is -2.13. The fraction of sp³-hybridized carbons (Fsp3) is 0.308. The third-order valence-corrected chi connectivity index (χ3v) is 3.92. The SMILES string of the molecule is C#CCC(CC)NC(=O)c1sc2nnccc2c1N. The Balaban J connectivity index is 2.27. The van der Waals surface area contributed by atoms with E-state index in [1.807, 2.05) is 6.92 Å². The number of rotatable bonds is 4. The molecule has 19 heavy (non-hydrogen) atoms. The molecule has 1 unspecified atom stereocenters. The molecular formula is C13H14N4OS. The molecule has 0 fully saturated rings. The van der Waals surface area contributed by atoms with E-state index in [0.29, 0.717) is 21.8 Å². The molecule has 0 aliphatic heterocycles. The number of hydrogen-bond acceptors (Lipinski definition) is 5. The highest BCUT2D eigenvalue weighted by molar-refractivity contribution is 7.21. The van der Waals surface area contributed by atoms with Crippen LogP contribution in [0.3, 0.4) is 0 Å². The minimum atomic E-state index is -0.206. The first-order valence-electron chi connectivity index (χ1n) is 5.91. The van der Waals surface area contributed by atoms with Gasteiger partial charge in [0.05, 0.1) is 11.9 Å². The van der Waals surface area contributed by atoms with Crippen LogP contribution in [0.15, 0.2) is 12.3 Å². The average molecular weight is 274 g/mol. The highest BCUT2D eigenvalue weighted by Crippen LogP contribution is 2.31. The molecule has 0 saturated heterocycles. The summed E-state index contributed by atoms with van der Waals surface area (Å²) in [7, 11) is 0. The number of terminal acetylenes is 1. The van der Waals surface area contributed by atoms with Crippen LogP contribution in [0, 0.1) is 12.3 Å². The Morgan fingerprint density at radius 3 is 3.11 bits per heavy atom. The van der Waals surface area contributed by atoms with Crippen LogP contribution >= 0.6 is 11.3 Å². The van der Waals surface area contributed by atoms with Gasteiger partial charge in [-0.25, -0.2) is 0 Å². The quantitative estimate of drug-likeness (QED) is 0.833. The first kappa shape index (κ1) is 13.3. The van der Waals surface area contributed by atoms with Crippen LogP contribution in [0.2, 0.25) is 0 Å². The maximum absolute atomic E-state index is 12.2. The minimum Gasteiger partial charge on any atom is -0.397 e. The zero-order valence-electron chi connectivity index (χ0n) is 10.5. The van der Waals surface area contributed by atoms with Crippen LogP contribution in [0.4, 0.5) is 5.69 Å². The molecule has 0 aliphatic rings. The van der Waals surface area contributed by atoms with E-state index in [0.717, 1.165) is 11.8 Å². The Morgan fingerprint density at radius 1 is 1.68 bits per heavy atom. The molecule has 0 saturated carbocycles. The van der Waals surface area contributed by atoms with Gasteiger partial charge in [0, 0.05) is 17.8 Å². The van der Waals surface area contributed by atoms with Crippen LogP contribution < -0.4 is 11.1 Å². The van der Waals surface area contributed by atoms with Crippen molar-refractivity contribution in [2.45, 2.75) is 25.8 Å². The largest absolute Gasteiger partial charge is 0.397 e. The summed E-state index contributed by atoms with van der Waals surface area (Å²) in [6.45, 7) is 1.97. The summed E-state index contributed by atoms with van der Waals surface area (Å²) in [6.07, 6.45) is 8.11. The summed E-state index contributed by atoms with van der Waals surface area (Å²) in [5, 5.41) is 11.4. The van der Waals surface area contributed by atoms with Crippen LogP contribution in [-0.4, -0.2) is 22.1 Å². The van der Waals surface area contributed by atoms with Crippen LogP contribution in [-0.2, 0) is 0 Å². The van der Waals surface area contributed by atoms with Gasteiger partial charge in [-0.3, -0.25) is 4.79 Å². The minimum absolute atomic E-state index is 0.0341. The molecule has 1 amide bonds. The average Bonchev–Trinajstić information content (AvgIpc) is 2.76. The number of amides is 1. The van der Waals surface area contributed by atoms with Crippen LogP contribution in [0.5, 0.6) is 0 Å². The second-order valence-electron chi connectivity index (χ2n) is 4.08. The number of nitrogen functional groups attached to an aromatic ring is 1. The van der Waals surface area contributed by atoms with Crippen molar-refractivity contribution in [2.24, 2.45) is 0 Å². The lowest BCUT2D eigenvalue weighted by Crippen LogP contribution is -2.33. The molecule has 2 rings (SSSR count). The lowest BCUT2D eigenvalue weighted by atomic mass is 10.1. The number of fused-ring (bicyclic) bond motifs is 1. The van der Waals surface area contributed by atoms with Crippen LogP contribution in [0.25, 0.3) is 10.2 Å². The number of nitrogens with one attached hydrogen (secondary N) is 1. The third kappa shape index (κ3) is 2.66. The van der Waals surface area contributed by atoms with Gasteiger partial charge in [-0.15, -0.1) is 28.8 Å². The topological polar surface area (TPSA) is 80.9 Å². The first-order valence-corrected chi connectivity index (χ1v) is 6.73. The molecule has 0 aliphatic carbocycles. The monoisotopic (exact) mass is 274 g/mol. The van der Waals surface area contributed by atoms with Gasteiger partial charge in [0.2, 0.25) is 0 Å². The molecule has 0 bridgehead atoms. The molecular weight excluding hydrogens is 260 g/mol. The molecule has 3 N–H and O–H groups in total. The zero-order valence-corrected chi connectivity index (χ0v) is 11.3. The van der Waals surface area contributed by atoms with Gasteiger partial charge in [0.1, 0.15) is 9.71 Å². The van der Waals surface area contributed by atoms with Crippen molar-refractivity contribution in [3.05, 3.63) is 17.1 Å². The highest BCUT2D eigenvalue weighted by Gasteiger charge is 2.19. The number of thiophene rings is 1. The smallest absolute Gasteiger partial charge is 0.263 e. The summed E-state index contributed by atoms with van der Waals surface area (Å²) < 4.78 is 0.